The molecule has 0 aliphatic heterocycles. The highest BCUT2D eigenvalue weighted by atomic mass is 19.3. The number of anilines is 1. The lowest BCUT2D eigenvalue weighted by atomic mass is 10.2. The zero-order chi connectivity index (χ0) is 15.0. The van der Waals surface area contributed by atoms with Gasteiger partial charge in [0.05, 0.1) is 7.11 Å². The van der Waals surface area contributed by atoms with Gasteiger partial charge in [0.15, 0.2) is 11.5 Å². The largest absolute Gasteiger partial charge is 0.493 e. The molecule has 20 heavy (non-hydrogen) atoms. The van der Waals surface area contributed by atoms with Gasteiger partial charge in [0, 0.05) is 18.0 Å². The molecular formula is C13H11F2N3O2. The molecule has 0 spiro atoms. The van der Waals surface area contributed by atoms with E-state index in [1.54, 1.807) is 18.2 Å². The summed E-state index contributed by atoms with van der Waals surface area (Å²) >= 11 is 0. The number of alkyl halides is 2. The lowest BCUT2D eigenvalue weighted by Gasteiger charge is -2.11. The maximum absolute atomic E-state index is 12.1. The van der Waals surface area contributed by atoms with Gasteiger partial charge < -0.3 is 14.8 Å². The van der Waals surface area contributed by atoms with Crippen molar-refractivity contribution in [2.45, 2.75) is 6.43 Å². The number of hydrogen-bond donors (Lipinski definition) is 1. The van der Waals surface area contributed by atoms with Crippen LogP contribution >= 0.6 is 0 Å². The molecule has 0 unspecified atom stereocenters. The minimum atomic E-state index is -2.57. The first-order valence-corrected chi connectivity index (χ1v) is 5.46. The smallest absolute Gasteiger partial charge is 0.272 e. The molecule has 0 saturated carbocycles. The second-order valence-corrected chi connectivity index (χ2v) is 3.49. The average Bonchev–Trinajstić information content (AvgIpc) is 2.46. The van der Waals surface area contributed by atoms with Crippen molar-refractivity contribution < 1.29 is 18.3 Å². The summed E-state index contributed by atoms with van der Waals surface area (Å²) in [6.07, 6.45) is -1.34. The first kappa shape index (κ1) is 15.3. The Morgan fingerprint density at radius 1 is 1.35 bits per heavy atom. The van der Waals surface area contributed by atoms with Crippen LogP contribution in [0.2, 0.25) is 0 Å². The number of ether oxygens (including phenoxy) is 2. The van der Waals surface area contributed by atoms with Crippen molar-refractivity contribution in [3.05, 3.63) is 30.0 Å². The number of allylic oxidation sites excluding steroid dienone is 1. The molecule has 5 nitrogen and oxygen atoms in total. The third-order valence-corrected chi connectivity index (χ3v) is 2.15. The Labute approximate surface area is 114 Å². The molecule has 0 aliphatic rings. The highest BCUT2D eigenvalue weighted by Crippen LogP contribution is 2.30. The highest BCUT2D eigenvalue weighted by Gasteiger charge is 2.09. The van der Waals surface area contributed by atoms with E-state index in [1.165, 1.54) is 25.4 Å². The predicted octanol–water partition coefficient (Wildman–Crippen LogP) is 2.68. The minimum absolute atomic E-state index is 0.0954. The molecule has 1 aromatic rings. The molecule has 7 heteroatoms. The standard InChI is InChI=1S/C13H11F2N3O2/c1-19-12-4-10(18-7-9(5-16)6-17)2-3-11(12)20-8-13(14)15/h2-4,7,13,18H,8H2,1H3. The number of hydrogen-bond acceptors (Lipinski definition) is 5. The van der Waals surface area contributed by atoms with Gasteiger partial charge >= 0.3 is 0 Å². The summed E-state index contributed by atoms with van der Waals surface area (Å²) in [5.74, 6) is 0.447. The topological polar surface area (TPSA) is 78.1 Å². The molecule has 0 fully saturated rings. The number of halogens is 2. The van der Waals surface area contributed by atoms with Crippen molar-refractivity contribution in [2.24, 2.45) is 0 Å². The Balaban J connectivity index is 2.85. The van der Waals surface area contributed by atoms with E-state index in [1.807, 2.05) is 0 Å². The highest BCUT2D eigenvalue weighted by molar-refractivity contribution is 5.57. The van der Waals surface area contributed by atoms with Gasteiger partial charge in [0.1, 0.15) is 24.3 Å². The fourth-order valence-corrected chi connectivity index (χ4v) is 1.27. The first-order chi connectivity index (χ1) is 9.60. The molecule has 1 N–H and O–H groups in total. The van der Waals surface area contributed by atoms with Crippen molar-refractivity contribution in [1.29, 1.82) is 10.5 Å². The van der Waals surface area contributed by atoms with Gasteiger partial charge in [0.25, 0.3) is 6.43 Å². The zero-order valence-corrected chi connectivity index (χ0v) is 10.6. The Morgan fingerprint density at radius 2 is 2.05 bits per heavy atom. The number of nitriles is 2. The van der Waals surface area contributed by atoms with Gasteiger partial charge in [-0.3, -0.25) is 0 Å². The molecule has 0 bridgehead atoms. The summed E-state index contributed by atoms with van der Waals surface area (Å²) in [5, 5.41) is 19.9. The summed E-state index contributed by atoms with van der Waals surface area (Å²) in [6, 6.07) is 7.89. The van der Waals surface area contributed by atoms with Gasteiger partial charge in [-0.1, -0.05) is 0 Å². The zero-order valence-electron chi connectivity index (χ0n) is 10.6. The average molecular weight is 279 g/mol. The molecule has 0 heterocycles. The predicted molar refractivity (Wildman–Crippen MR) is 67.4 cm³/mol. The third-order valence-electron chi connectivity index (χ3n) is 2.15. The van der Waals surface area contributed by atoms with Crippen LogP contribution in [-0.4, -0.2) is 20.1 Å². The van der Waals surface area contributed by atoms with Crippen LogP contribution in [0.15, 0.2) is 30.0 Å². The van der Waals surface area contributed by atoms with Crippen LogP contribution in [0.25, 0.3) is 0 Å². The number of benzene rings is 1. The monoisotopic (exact) mass is 279 g/mol. The van der Waals surface area contributed by atoms with E-state index in [0.29, 0.717) is 5.69 Å². The van der Waals surface area contributed by atoms with Crippen LogP contribution in [0.5, 0.6) is 11.5 Å². The normalized spacial score (nSPS) is 9.30. The second-order valence-electron chi connectivity index (χ2n) is 3.49. The molecule has 0 aliphatic carbocycles. The fourth-order valence-electron chi connectivity index (χ4n) is 1.27. The quantitative estimate of drug-likeness (QED) is 0.810. The minimum Gasteiger partial charge on any atom is -0.493 e. The number of methoxy groups -OCH3 is 1. The SMILES string of the molecule is COc1cc(NC=C(C#N)C#N)ccc1OCC(F)F. The van der Waals surface area contributed by atoms with Crippen LogP contribution in [0.3, 0.4) is 0 Å². The van der Waals surface area contributed by atoms with E-state index >= 15 is 0 Å². The molecule has 0 saturated heterocycles. The van der Waals surface area contributed by atoms with Crippen molar-refractivity contribution >= 4 is 5.69 Å². The Bertz CT molecular complexity index is 558. The summed E-state index contributed by atoms with van der Waals surface area (Å²) in [5.41, 5.74) is 0.427. The molecule has 0 amide bonds. The van der Waals surface area contributed by atoms with Crippen LogP contribution in [0, 0.1) is 22.7 Å². The number of rotatable bonds is 6. The fraction of sp³-hybridized carbons (Fsp3) is 0.231. The van der Waals surface area contributed by atoms with Crippen molar-refractivity contribution in [3.63, 3.8) is 0 Å². The molecule has 1 rings (SSSR count). The van der Waals surface area contributed by atoms with E-state index in [9.17, 15) is 8.78 Å². The van der Waals surface area contributed by atoms with Gasteiger partial charge in [-0.25, -0.2) is 8.78 Å². The second kappa shape index (κ2) is 7.59. The van der Waals surface area contributed by atoms with Gasteiger partial charge in [-0.15, -0.1) is 0 Å². The first-order valence-electron chi connectivity index (χ1n) is 5.46. The Morgan fingerprint density at radius 3 is 2.60 bits per heavy atom. The number of nitrogens with one attached hydrogen (secondary N) is 1. The lowest BCUT2D eigenvalue weighted by Crippen LogP contribution is -2.07. The van der Waals surface area contributed by atoms with E-state index in [4.69, 9.17) is 20.0 Å². The van der Waals surface area contributed by atoms with Gasteiger partial charge in [-0.2, -0.15) is 10.5 Å². The summed E-state index contributed by atoms with van der Waals surface area (Å²) in [6.45, 7) is -0.726. The molecular weight excluding hydrogens is 268 g/mol. The Hall–Kier alpha value is -2.80. The van der Waals surface area contributed by atoms with Crippen LogP contribution in [0.1, 0.15) is 0 Å². The van der Waals surface area contributed by atoms with Gasteiger partial charge in [0.2, 0.25) is 0 Å². The lowest BCUT2D eigenvalue weighted by molar-refractivity contribution is 0.0804. The van der Waals surface area contributed by atoms with Crippen LogP contribution in [-0.2, 0) is 0 Å². The maximum atomic E-state index is 12.1. The van der Waals surface area contributed by atoms with E-state index in [-0.39, 0.29) is 17.1 Å². The van der Waals surface area contributed by atoms with E-state index < -0.39 is 13.0 Å². The third kappa shape index (κ3) is 4.46. The van der Waals surface area contributed by atoms with Crippen molar-refractivity contribution in [3.8, 4) is 23.6 Å². The van der Waals surface area contributed by atoms with E-state index in [2.05, 4.69) is 5.32 Å². The molecule has 0 atom stereocenters. The molecule has 0 radical (unpaired) electrons. The number of nitrogens with zero attached hydrogens (tertiary/aromatic N) is 2. The summed E-state index contributed by atoms with van der Waals surface area (Å²) in [4.78, 5) is 0. The Kier molecular flexibility index (Phi) is 5.79. The van der Waals surface area contributed by atoms with Crippen molar-refractivity contribution in [2.75, 3.05) is 19.0 Å². The van der Waals surface area contributed by atoms with Gasteiger partial charge in [-0.05, 0) is 12.1 Å². The molecule has 1 aromatic carbocycles. The van der Waals surface area contributed by atoms with Crippen molar-refractivity contribution in [1.82, 2.24) is 0 Å². The summed E-state index contributed by atoms with van der Waals surface area (Å²) < 4.78 is 34.1. The summed E-state index contributed by atoms with van der Waals surface area (Å²) in [7, 11) is 1.38. The maximum Gasteiger partial charge on any atom is 0.272 e. The molecule has 0 aromatic heterocycles. The van der Waals surface area contributed by atoms with Crippen LogP contribution in [0.4, 0.5) is 14.5 Å². The van der Waals surface area contributed by atoms with E-state index in [0.717, 1.165) is 0 Å². The van der Waals surface area contributed by atoms with Crippen LogP contribution < -0.4 is 14.8 Å². The molecule has 104 valence electrons.